The molecule has 4 rings (SSSR count). The van der Waals surface area contributed by atoms with E-state index in [1.807, 2.05) is 72.1 Å². The van der Waals surface area contributed by atoms with Crippen molar-refractivity contribution in [2.75, 3.05) is 12.4 Å². The van der Waals surface area contributed by atoms with Crippen molar-refractivity contribution in [1.82, 2.24) is 0 Å². The van der Waals surface area contributed by atoms with Gasteiger partial charge in [-0.1, -0.05) is 73.7 Å². The van der Waals surface area contributed by atoms with Gasteiger partial charge in [-0.3, -0.25) is 4.79 Å². The van der Waals surface area contributed by atoms with Gasteiger partial charge in [0.15, 0.2) is 0 Å². The maximum atomic E-state index is 12.9. The summed E-state index contributed by atoms with van der Waals surface area (Å²) in [6, 6.07) is 22.0. The summed E-state index contributed by atoms with van der Waals surface area (Å²) in [6.07, 6.45) is 1.17. The fourth-order valence-electron chi connectivity index (χ4n) is 3.68. The number of benzene rings is 3. The van der Waals surface area contributed by atoms with Crippen LogP contribution in [-0.2, 0) is 22.4 Å². The molecule has 0 unspecified atom stereocenters. The zero-order valence-electron chi connectivity index (χ0n) is 17.5. The Morgan fingerprint density at radius 1 is 0.968 bits per heavy atom. The fraction of sp³-hybridized carbons (Fsp3) is 0.154. The first kappa shape index (κ1) is 20.8. The Hall–Kier alpha value is -3.44. The number of thiophene rings is 1. The third-order valence-corrected chi connectivity index (χ3v) is 6.23. The van der Waals surface area contributed by atoms with E-state index in [4.69, 9.17) is 4.74 Å². The van der Waals surface area contributed by atoms with Crippen molar-refractivity contribution in [2.45, 2.75) is 19.8 Å². The van der Waals surface area contributed by atoms with Crippen LogP contribution in [0.15, 0.2) is 72.1 Å². The average molecular weight is 430 g/mol. The number of rotatable bonds is 6. The lowest BCUT2D eigenvalue weighted by Gasteiger charge is -2.09. The van der Waals surface area contributed by atoms with Crippen molar-refractivity contribution >= 4 is 39.0 Å². The molecule has 156 valence electrons. The van der Waals surface area contributed by atoms with E-state index in [0.29, 0.717) is 10.6 Å². The summed E-state index contributed by atoms with van der Waals surface area (Å²) in [5, 5.41) is 7.47. The molecule has 0 saturated carbocycles. The minimum absolute atomic E-state index is 0.170. The van der Waals surface area contributed by atoms with Crippen LogP contribution in [0, 0.1) is 0 Å². The second-order valence-corrected chi connectivity index (χ2v) is 8.14. The van der Waals surface area contributed by atoms with Gasteiger partial charge >= 0.3 is 5.97 Å². The Morgan fingerprint density at radius 2 is 1.71 bits per heavy atom. The van der Waals surface area contributed by atoms with Gasteiger partial charge in [-0.15, -0.1) is 11.3 Å². The largest absolute Gasteiger partial charge is 0.465 e. The maximum Gasteiger partial charge on any atom is 0.341 e. The van der Waals surface area contributed by atoms with Gasteiger partial charge in [0.05, 0.1) is 13.5 Å². The number of ether oxygens (including phenoxy) is 1. The van der Waals surface area contributed by atoms with Crippen molar-refractivity contribution in [3.63, 3.8) is 0 Å². The smallest absolute Gasteiger partial charge is 0.341 e. The molecule has 0 spiro atoms. The molecule has 4 aromatic rings. The molecule has 0 radical (unpaired) electrons. The summed E-state index contributed by atoms with van der Waals surface area (Å²) < 4.78 is 5.02. The van der Waals surface area contributed by atoms with Crippen LogP contribution in [0.2, 0.25) is 0 Å². The Kier molecular flexibility index (Phi) is 6.14. The van der Waals surface area contributed by atoms with Crippen LogP contribution in [0.25, 0.3) is 21.9 Å². The summed E-state index contributed by atoms with van der Waals surface area (Å²) in [5.74, 6) is -0.632. The predicted octanol–water partition coefficient (Wildman–Crippen LogP) is 6.10. The van der Waals surface area contributed by atoms with E-state index in [1.54, 1.807) is 0 Å². The van der Waals surface area contributed by atoms with E-state index in [0.717, 1.165) is 33.9 Å². The molecule has 31 heavy (non-hydrogen) atoms. The fourth-order valence-corrected chi connectivity index (χ4v) is 4.65. The van der Waals surface area contributed by atoms with Gasteiger partial charge in [-0.25, -0.2) is 4.79 Å². The van der Waals surface area contributed by atoms with Crippen LogP contribution in [0.3, 0.4) is 0 Å². The molecule has 3 aromatic carbocycles. The molecule has 0 bridgehead atoms. The second kappa shape index (κ2) is 9.14. The van der Waals surface area contributed by atoms with Crippen LogP contribution in [0.1, 0.15) is 28.4 Å². The monoisotopic (exact) mass is 429 g/mol. The van der Waals surface area contributed by atoms with Crippen molar-refractivity contribution < 1.29 is 14.3 Å². The summed E-state index contributed by atoms with van der Waals surface area (Å²) in [6.45, 7) is 2.10. The number of hydrogen-bond acceptors (Lipinski definition) is 4. The molecule has 0 aliphatic rings. The van der Waals surface area contributed by atoms with Crippen LogP contribution in [0.5, 0.6) is 0 Å². The highest BCUT2D eigenvalue weighted by atomic mass is 32.1. The van der Waals surface area contributed by atoms with Gasteiger partial charge < -0.3 is 10.1 Å². The number of carbonyl (C=O) groups excluding carboxylic acids is 2. The van der Waals surface area contributed by atoms with Gasteiger partial charge in [-0.05, 0) is 33.9 Å². The van der Waals surface area contributed by atoms with Gasteiger partial charge in [-0.2, -0.15) is 0 Å². The van der Waals surface area contributed by atoms with E-state index in [2.05, 4.69) is 12.2 Å². The lowest BCUT2D eigenvalue weighted by atomic mass is 10.0. The van der Waals surface area contributed by atoms with E-state index in [1.165, 1.54) is 24.0 Å². The minimum Gasteiger partial charge on any atom is -0.465 e. The Morgan fingerprint density at radius 3 is 2.45 bits per heavy atom. The molecule has 4 nitrogen and oxygen atoms in total. The Balaban J connectivity index is 1.62. The molecule has 0 fully saturated rings. The number of esters is 1. The molecular formula is C26H23NO3S. The Bertz CT molecular complexity index is 1240. The number of anilines is 1. The molecule has 1 aromatic heterocycles. The first-order valence-electron chi connectivity index (χ1n) is 10.2. The molecule has 1 N–H and O–H groups in total. The van der Waals surface area contributed by atoms with Crippen molar-refractivity contribution in [3.8, 4) is 11.1 Å². The number of aryl methyl sites for hydroxylation is 1. The van der Waals surface area contributed by atoms with E-state index >= 15 is 0 Å². The van der Waals surface area contributed by atoms with E-state index in [-0.39, 0.29) is 12.3 Å². The summed E-state index contributed by atoms with van der Waals surface area (Å²) in [7, 11) is 1.35. The van der Waals surface area contributed by atoms with Crippen LogP contribution in [-0.4, -0.2) is 19.0 Å². The first-order valence-corrected chi connectivity index (χ1v) is 11.0. The third kappa shape index (κ3) is 4.37. The summed E-state index contributed by atoms with van der Waals surface area (Å²) >= 11 is 1.33. The SMILES string of the molecule is CCc1ccc(-c2csc(NC(=O)Cc3cccc4ccccc34)c2C(=O)OC)cc1. The van der Waals surface area contributed by atoms with Crippen LogP contribution >= 0.6 is 11.3 Å². The average Bonchev–Trinajstić information content (AvgIpc) is 3.22. The lowest BCUT2D eigenvalue weighted by Crippen LogP contribution is -2.16. The van der Waals surface area contributed by atoms with Crippen LogP contribution in [0.4, 0.5) is 5.00 Å². The van der Waals surface area contributed by atoms with Crippen molar-refractivity contribution in [3.05, 3.63) is 88.8 Å². The van der Waals surface area contributed by atoms with Gasteiger partial charge in [0.1, 0.15) is 10.6 Å². The number of amides is 1. The number of carbonyl (C=O) groups is 2. The minimum atomic E-state index is -0.462. The topological polar surface area (TPSA) is 55.4 Å². The normalized spacial score (nSPS) is 10.8. The molecule has 1 heterocycles. The molecule has 1 amide bonds. The molecule has 0 saturated heterocycles. The van der Waals surface area contributed by atoms with Crippen molar-refractivity contribution in [1.29, 1.82) is 0 Å². The van der Waals surface area contributed by atoms with E-state index in [9.17, 15) is 9.59 Å². The first-order chi connectivity index (χ1) is 15.1. The summed E-state index contributed by atoms with van der Waals surface area (Å²) in [4.78, 5) is 25.4. The zero-order valence-corrected chi connectivity index (χ0v) is 18.3. The highest BCUT2D eigenvalue weighted by Gasteiger charge is 2.22. The van der Waals surface area contributed by atoms with Gasteiger partial charge in [0.2, 0.25) is 5.91 Å². The molecule has 0 aliphatic heterocycles. The van der Waals surface area contributed by atoms with Crippen molar-refractivity contribution in [2.24, 2.45) is 0 Å². The Labute approximate surface area is 185 Å². The third-order valence-electron chi connectivity index (χ3n) is 5.34. The molecule has 0 atom stereocenters. The zero-order chi connectivity index (χ0) is 21.8. The number of hydrogen-bond donors (Lipinski definition) is 1. The lowest BCUT2D eigenvalue weighted by molar-refractivity contribution is -0.115. The van der Waals surface area contributed by atoms with E-state index < -0.39 is 5.97 Å². The predicted molar refractivity (Wildman–Crippen MR) is 127 cm³/mol. The van der Waals surface area contributed by atoms with Crippen LogP contribution < -0.4 is 5.32 Å². The van der Waals surface area contributed by atoms with Gasteiger partial charge in [0.25, 0.3) is 0 Å². The highest BCUT2D eigenvalue weighted by molar-refractivity contribution is 7.15. The molecule has 0 aliphatic carbocycles. The quantitative estimate of drug-likeness (QED) is 0.377. The molecule has 5 heteroatoms. The number of methoxy groups -OCH3 is 1. The summed E-state index contributed by atoms with van der Waals surface area (Å²) in [5.41, 5.74) is 4.25. The molecular weight excluding hydrogens is 406 g/mol. The number of fused-ring (bicyclic) bond motifs is 1. The second-order valence-electron chi connectivity index (χ2n) is 7.26. The highest BCUT2D eigenvalue weighted by Crippen LogP contribution is 2.36. The standard InChI is InChI=1S/C26H23NO3S/c1-3-17-11-13-19(14-12-17)22-16-31-25(24(22)26(29)30-2)27-23(28)15-20-9-6-8-18-7-4-5-10-21(18)20/h4-14,16H,3,15H2,1-2H3,(H,27,28). The number of nitrogens with one attached hydrogen (secondary N) is 1. The maximum absolute atomic E-state index is 12.9. The van der Waals surface area contributed by atoms with Gasteiger partial charge in [0, 0.05) is 10.9 Å².